The minimum atomic E-state index is -0.214. The molecule has 0 unspecified atom stereocenters. The van der Waals surface area contributed by atoms with E-state index in [0.717, 1.165) is 38.1 Å². The third-order valence-electron chi connectivity index (χ3n) is 4.45. The van der Waals surface area contributed by atoms with E-state index in [2.05, 4.69) is 21.8 Å². The average molecular weight is 329 g/mol. The van der Waals surface area contributed by atoms with Gasteiger partial charge in [0.2, 0.25) is 0 Å². The van der Waals surface area contributed by atoms with Crippen molar-refractivity contribution in [1.82, 2.24) is 14.9 Å². The quantitative estimate of drug-likeness (QED) is 0.827. The van der Waals surface area contributed by atoms with Gasteiger partial charge in [0.05, 0.1) is 11.1 Å². The number of aryl methyl sites for hydroxylation is 4. The number of hydrogen-bond acceptors (Lipinski definition) is 4. The number of furan rings is 1. The lowest BCUT2D eigenvalue weighted by Gasteiger charge is -2.11. The summed E-state index contributed by atoms with van der Waals surface area (Å²) in [4.78, 5) is 28.9. The lowest BCUT2D eigenvalue weighted by molar-refractivity contribution is 0.0927. The van der Waals surface area contributed by atoms with Gasteiger partial charge in [-0.25, -0.2) is 4.98 Å². The SMILES string of the molecule is CCc1nccn1CCCNC(=O)c1c(C)oc2c1C(=O)CCC2. The molecule has 0 fully saturated rings. The summed E-state index contributed by atoms with van der Waals surface area (Å²) >= 11 is 0. The maximum atomic E-state index is 12.5. The van der Waals surface area contributed by atoms with Crippen LogP contribution < -0.4 is 5.32 Å². The summed E-state index contributed by atoms with van der Waals surface area (Å²) < 4.78 is 7.73. The van der Waals surface area contributed by atoms with E-state index in [9.17, 15) is 9.59 Å². The van der Waals surface area contributed by atoms with E-state index < -0.39 is 0 Å². The van der Waals surface area contributed by atoms with Crippen molar-refractivity contribution in [3.05, 3.63) is 40.9 Å². The maximum Gasteiger partial charge on any atom is 0.255 e. The van der Waals surface area contributed by atoms with Gasteiger partial charge in [-0.3, -0.25) is 9.59 Å². The maximum absolute atomic E-state index is 12.5. The van der Waals surface area contributed by atoms with Crippen LogP contribution in [0.1, 0.15) is 64.2 Å². The van der Waals surface area contributed by atoms with Crippen molar-refractivity contribution in [1.29, 1.82) is 0 Å². The number of nitrogens with zero attached hydrogens (tertiary/aromatic N) is 2. The van der Waals surface area contributed by atoms with Gasteiger partial charge in [-0.05, 0) is 19.8 Å². The van der Waals surface area contributed by atoms with E-state index in [0.29, 0.717) is 35.6 Å². The summed E-state index contributed by atoms with van der Waals surface area (Å²) in [5, 5.41) is 2.91. The Bertz CT molecular complexity index is 758. The summed E-state index contributed by atoms with van der Waals surface area (Å²) in [7, 11) is 0. The Balaban J connectivity index is 1.60. The fraction of sp³-hybridized carbons (Fsp3) is 0.500. The first-order chi connectivity index (χ1) is 11.6. The number of rotatable bonds is 6. The minimum absolute atomic E-state index is 0.0178. The molecule has 128 valence electrons. The molecule has 0 aliphatic heterocycles. The Kier molecular flexibility index (Phi) is 4.83. The highest BCUT2D eigenvalue weighted by molar-refractivity contribution is 6.09. The summed E-state index contributed by atoms with van der Waals surface area (Å²) in [6.07, 6.45) is 7.47. The summed E-state index contributed by atoms with van der Waals surface area (Å²) in [6.45, 7) is 5.18. The predicted octanol–water partition coefficient (Wildman–Crippen LogP) is 2.69. The molecule has 0 aromatic carbocycles. The molecular weight excluding hydrogens is 306 g/mol. The number of carbonyl (C=O) groups is 2. The van der Waals surface area contributed by atoms with E-state index in [1.54, 1.807) is 13.1 Å². The van der Waals surface area contributed by atoms with Crippen molar-refractivity contribution in [2.24, 2.45) is 0 Å². The molecule has 1 amide bonds. The monoisotopic (exact) mass is 329 g/mol. The molecule has 1 aliphatic carbocycles. The molecule has 0 saturated carbocycles. The molecule has 0 saturated heterocycles. The Labute approximate surface area is 141 Å². The highest BCUT2D eigenvalue weighted by atomic mass is 16.3. The number of fused-ring (bicyclic) bond motifs is 1. The van der Waals surface area contributed by atoms with Gasteiger partial charge in [0.25, 0.3) is 5.91 Å². The molecule has 1 aliphatic rings. The number of nitrogens with one attached hydrogen (secondary N) is 1. The van der Waals surface area contributed by atoms with E-state index in [1.165, 1.54) is 0 Å². The van der Waals surface area contributed by atoms with Crippen LogP contribution in [-0.4, -0.2) is 27.8 Å². The van der Waals surface area contributed by atoms with Crippen molar-refractivity contribution < 1.29 is 14.0 Å². The zero-order chi connectivity index (χ0) is 17.1. The van der Waals surface area contributed by atoms with E-state index in [-0.39, 0.29) is 11.7 Å². The molecule has 6 nitrogen and oxygen atoms in total. The number of aromatic nitrogens is 2. The van der Waals surface area contributed by atoms with Gasteiger partial charge in [-0.15, -0.1) is 0 Å². The van der Waals surface area contributed by atoms with Gasteiger partial charge in [0.15, 0.2) is 5.78 Å². The Hall–Kier alpha value is -2.37. The fourth-order valence-electron chi connectivity index (χ4n) is 3.28. The molecule has 2 aromatic rings. The third kappa shape index (κ3) is 3.13. The van der Waals surface area contributed by atoms with Crippen molar-refractivity contribution in [3.8, 4) is 0 Å². The molecule has 6 heteroatoms. The summed E-state index contributed by atoms with van der Waals surface area (Å²) in [6, 6.07) is 0. The van der Waals surface area contributed by atoms with Crippen molar-refractivity contribution >= 4 is 11.7 Å². The van der Waals surface area contributed by atoms with Crippen LogP contribution in [0.15, 0.2) is 16.8 Å². The molecule has 3 rings (SSSR count). The first-order valence-electron chi connectivity index (χ1n) is 8.55. The summed E-state index contributed by atoms with van der Waals surface area (Å²) in [5.41, 5.74) is 0.922. The van der Waals surface area contributed by atoms with Crippen LogP contribution in [0.4, 0.5) is 0 Å². The second kappa shape index (κ2) is 7.03. The molecule has 0 radical (unpaired) electrons. The molecule has 0 bridgehead atoms. The Morgan fingerprint density at radius 2 is 2.25 bits per heavy atom. The molecule has 2 heterocycles. The summed E-state index contributed by atoms with van der Waals surface area (Å²) in [5.74, 6) is 2.06. The highest BCUT2D eigenvalue weighted by Gasteiger charge is 2.30. The topological polar surface area (TPSA) is 77.1 Å². The van der Waals surface area contributed by atoms with Crippen molar-refractivity contribution in [3.63, 3.8) is 0 Å². The number of carbonyl (C=O) groups excluding carboxylic acids is 2. The fourth-order valence-corrected chi connectivity index (χ4v) is 3.28. The largest absolute Gasteiger partial charge is 0.465 e. The highest BCUT2D eigenvalue weighted by Crippen LogP contribution is 2.29. The average Bonchev–Trinajstić information content (AvgIpc) is 3.15. The normalized spacial score (nSPS) is 13.8. The van der Waals surface area contributed by atoms with Gasteiger partial charge in [0.1, 0.15) is 17.3 Å². The lowest BCUT2D eigenvalue weighted by Crippen LogP contribution is -2.27. The van der Waals surface area contributed by atoms with Crippen LogP contribution in [0.3, 0.4) is 0 Å². The van der Waals surface area contributed by atoms with Gasteiger partial charge >= 0.3 is 0 Å². The lowest BCUT2D eigenvalue weighted by atomic mass is 9.93. The second-order valence-corrected chi connectivity index (χ2v) is 6.11. The van der Waals surface area contributed by atoms with Crippen LogP contribution in [0.25, 0.3) is 0 Å². The van der Waals surface area contributed by atoms with Gasteiger partial charge in [-0.1, -0.05) is 6.92 Å². The number of imidazole rings is 1. The second-order valence-electron chi connectivity index (χ2n) is 6.11. The third-order valence-corrected chi connectivity index (χ3v) is 4.45. The Morgan fingerprint density at radius 3 is 3.04 bits per heavy atom. The van der Waals surface area contributed by atoms with Crippen molar-refractivity contribution in [2.45, 2.75) is 52.5 Å². The van der Waals surface area contributed by atoms with Crippen LogP contribution in [-0.2, 0) is 19.4 Å². The first-order valence-corrected chi connectivity index (χ1v) is 8.55. The predicted molar refractivity (Wildman–Crippen MR) is 89.3 cm³/mol. The van der Waals surface area contributed by atoms with Crippen LogP contribution in [0, 0.1) is 6.92 Å². The van der Waals surface area contributed by atoms with Crippen LogP contribution >= 0.6 is 0 Å². The molecule has 0 spiro atoms. The molecule has 1 N–H and O–H groups in total. The number of ketones is 1. The van der Waals surface area contributed by atoms with E-state index in [4.69, 9.17) is 4.42 Å². The molecule has 0 atom stereocenters. The molecule has 2 aromatic heterocycles. The molecule has 24 heavy (non-hydrogen) atoms. The van der Waals surface area contributed by atoms with Crippen LogP contribution in [0.5, 0.6) is 0 Å². The molecular formula is C18H23N3O3. The van der Waals surface area contributed by atoms with E-state index in [1.807, 2.05) is 6.20 Å². The zero-order valence-corrected chi connectivity index (χ0v) is 14.2. The number of amides is 1. The van der Waals surface area contributed by atoms with Gasteiger partial charge in [-0.2, -0.15) is 0 Å². The zero-order valence-electron chi connectivity index (χ0n) is 14.2. The van der Waals surface area contributed by atoms with Crippen LogP contribution in [0.2, 0.25) is 0 Å². The standard InChI is InChI=1S/C18H23N3O3/c1-3-15-19-9-11-21(15)10-5-8-20-18(23)16-12(2)24-14-7-4-6-13(22)17(14)16/h9,11H,3-8,10H2,1-2H3,(H,20,23). The van der Waals surface area contributed by atoms with Crippen molar-refractivity contribution in [2.75, 3.05) is 6.54 Å². The first kappa shape index (κ1) is 16.5. The van der Waals surface area contributed by atoms with Gasteiger partial charge in [0, 0.05) is 44.7 Å². The number of hydrogen-bond donors (Lipinski definition) is 1. The Morgan fingerprint density at radius 1 is 1.42 bits per heavy atom. The van der Waals surface area contributed by atoms with E-state index >= 15 is 0 Å². The minimum Gasteiger partial charge on any atom is -0.465 e. The number of Topliss-reactive ketones (excluding diaryl/α,β-unsaturated/α-hetero) is 1. The van der Waals surface area contributed by atoms with Gasteiger partial charge < -0.3 is 14.3 Å². The smallest absolute Gasteiger partial charge is 0.255 e.